The van der Waals surface area contributed by atoms with Gasteiger partial charge < -0.3 is 4.74 Å². The molecule has 0 radical (unpaired) electrons. The Labute approximate surface area is 172 Å². The Balaban J connectivity index is 2.16. The van der Waals surface area contributed by atoms with Crippen molar-refractivity contribution in [2.75, 3.05) is 0 Å². The fraction of sp³-hybridized carbons (Fsp3) is 0.438. The van der Waals surface area contributed by atoms with Crippen LogP contribution < -0.4 is 0 Å². The first-order chi connectivity index (χ1) is 11.0. The zero-order chi connectivity index (χ0) is 18.4. The lowest BCUT2D eigenvalue weighted by Gasteiger charge is -2.13. The second kappa shape index (κ2) is 7.45. The number of ether oxygens (including phenoxy) is 1. The highest BCUT2D eigenvalue weighted by Gasteiger charge is 2.61. The Morgan fingerprint density at radius 3 is 2.17 bits per heavy atom. The number of benzene rings is 1. The highest BCUT2D eigenvalue weighted by Crippen LogP contribution is 2.60. The van der Waals surface area contributed by atoms with Crippen LogP contribution in [0, 0.1) is 35.8 Å². The standard InChI is InChI=1S/C16H14Br4F2O2/c1-6-13(21)11(19)7(12(20)14(6)22)5-24-15(23)10-8(4-9(17)18)16(10,2)3/h4,8,10H,5H2,1-3H3/t8-,10-/m0/s1. The van der Waals surface area contributed by atoms with Crippen LogP contribution in [0.2, 0.25) is 0 Å². The summed E-state index contributed by atoms with van der Waals surface area (Å²) in [4.78, 5) is 12.3. The molecule has 1 aromatic carbocycles. The lowest BCUT2D eigenvalue weighted by molar-refractivity contribution is -0.147. The Morgan fingerprint density at radius 1 is 1.21 bits per heavy atom. The molecule has 1 saturated carbocycles. The summed E-state index contributed by atoms with van der Waals surface area (Å²) in [7, 11) is 0. The molecule has 0 amide bonds. The largest absolute Gasteiger partial charge is 0.460 e. The molecule has 24 heavy (non-hydrogen) atoms. The van der Waals surface area contributed by atoms with Gasteiger partial charge in [-0.05, 0) is 82.0 Å². The first kappa shape index (κ1) is 20.5. The van der Waals surface area contributed by atoms with Crippen molar-refractivity contribution in [1.82, 2.24) is 0 Å². The number of halogens is 6. The molecule has 132 valence electrons. The van der Waals surface area contributed by atoms with Crippen LogP contribution >= 0.6 is 63.7 Å². The zero-order valence-electron chi connectivity index (χ0n) is 13.0. The van der Waals surface area contributed by atoms with E-state index in [-0.39, 0.29) is 49.9 Å². The molecule has 0 aromatic heterocycles. The monoisotopic (exact) mass is 592 g/mol. The normalized spacial score (nSPS) is 21.4. The lowest BCUT2D eigenvalue weighted by atomic mass is 10.1. The quantitative estimate of drug-likeness (QED) is 0.285. The van der Waals surface area contributed by atoms with Gasteiger partial charge in [0.05, 0.1) is 18.3 Å². The molecule has 0 saturated heterocycles. The molecule has 8 heteroatoms. The summed E-state index contributed by atoms with van der Waals surface area (Å²) in [6.45, 7) is 5.07. The SMILES string of the molecule is Cc1c(F)c(Br)c(COC(=O)[C@@H]2[C@H](C=C(Br)Br)C2(C)C)c(Br)c1F. The predicted octanol–water partition coefficient (Wildman–Crippen LogP) is 6.74. The second-order valence-electron chi connectivity index (χ2n) is 6.25. The summed E-state index contributed by atoms with van der Waals surface area (Å²) >= 11 is 12.8. The number of hydrogen-bond acceptors (Lipinski definition) is 2. The molecule has 1 aliphatic carbocycles. The van der Waals surface area contributed by atoms with Crippen LogP contribution in [-0.2, 0) is 16.1 Å². The van der Waals surface area contributed by atoms with E-state index in [0.717, 1.165) is 3.39 Å². The molecule has 0 spiro atoms. The van der Waals surface area contributed by atoms with E-state index in [2.05, 4.69) is 63.7 Å². The first-order valence-electron chi connectivity index (χ1n) is 7.01. The molecule has 2 atom stereocenters. The van der Waals surface area contributed by atoms with E-state index in [1.807, 2.05) is 19.9 Å². The van der Waals surface area contributed by atoms with Gasteiger partial charge in [0.1, 0.15) is 18.2 Å². The van der Waals surface area contributed by atoms with Crippen LogP contribution in [0.1, 0.15) is 25.0 Å². The molecular formula is C16H14Br4F2O2. The van der Waals surface area contributed by atoms with Gasteiger partial charge in [-0.1, -0.05) is 19.9 Å². The lowest BCUT2D eigenvalue weighted by Crippen LogP contribution is -2.12. The third kappa shape index (κ3) is 3.81. The van der Waals surface area contributed by atoms with Crippen LogP contribution in [0.3, 0.4) is 0 Å². The van der Waals surface area contributed by atoms with Crippen LogP contribution in [0.15, 0.2) is 18.4 Å². The van der Waals surface area contributed by atoms with Crippen LogP contribution in [0.25, 0.3) is 0 Å². The Hall–Kier alpha value is 0.210. The van der Waals surface area contributed by atoms with Gasteiger partial charge in [-0.25, -0.2) is 8.78 Å². The molecule has 2 nitrogen and oxygen atoms in total. The average Bonchev–Trinajstić information content (AvgIpc) is 3.02. The maximum absolute atomic E-state index is 14.0. The Kier molecular flexibility index (Phi) is 6.37. The second-order valence-corrected chi connectivity index (χ2v) is 10.6. The summed E-state index contributed by atoms with van der Waals surface area (Å²) in [6.07, 6.45) is 1.91. The molecule has 0 unspecified atom stereocenters. The van der Waals surface area contributed by atoms with Gasteiger partial charge >= 0.3 is 5.97 Å². The van der Waals surface area contributed by atoms with Gasteiger partial charge in [-0.3, -0.25) is 4.79 Å². The van der Waals surface area contributed by atoms with Crippen molar-refractivity contribution in [3.8, 4) is 0 Å². The fourth-order valence-corrected chi connectivity index (χ4v) is 4.78. The van der Waals surface area contributed by atoms with Crippen LogP contribution in [0.4, 0.5) is 8.78 Å². The summed E-state index contributed by atoms with van der Waals surface area (Å²) in [5.41, 5.74) is -0.0852. The fourth-order valence-electron chi connectivity index (χ4n) is 2.72. The van der Waals surface area contributed by atoms with Crippen LogP contribution in [-0.4, -0.2) is 5.97 Å². The molecule has 0 aliphatic heterocycles. The van der Waals surface area contributed by atoms with E-state index < -0.39 is 11.6 Å². The molecule has 2 rings (SSSR count). The first-order valence-corrected chi connectivity index (χ1v) is 10.2. The van der Waals surface area contributed by atoms with Crippen LogP contribution in [0.5, 0.6) is 0 Å². The Morgan fingerprint density at radius 2 is 1.71 bits per heavy atom. The molecule has 1 aliphatic rings. The molecule has 0 N–H and O–H groups in total. The van der Waals surface area contributed by atoms with E-state index in [1.165, 1.54) is 6.92 Å². The number of esters is 1. The van der Waals surface area contributed by atoms with E-state index >= 15 is 0 Å². The number of carbonyl (C=O) groups excluding carboxylic acids is 1. The van der Waals surface area contributed by atoms with Gasteiger partial charge in [0.25, 0.3) is 0 Å². The minimum Gasteiger partial charge on any atom is -0.460 e. The topological polar surface area (TPSA) is 26.3 Å². The van der Waals surface area contributed by atoms with Crippen molar-refractivity contribution in [3.05, 3.63) is 41.2 Å². The molecular weight excluding hydrogens is 582 g/mol. The van der Waals surface area contributed by atoms with E-state index in [1.54, 1.807) is 0 Å². The summed E-state index contributed by atoms with van der Waals surface area (Å²) in [5.74, 6) is -2.03. The van der Waals surface area contributed by atoms with Crippen molar-refractivity contribution >= 4 is 69.7 Å². The summed E-state index contributed by atoms with van der Waals surface area (Å²) in [6, 6.07) is 0. The number of hydrogen-bond donors (Lipinski definition) is 0. The minimum atomic E-state index is -0.697. The third-order valence-electron chi connectivity index (χ3n) is 4.40. The summed E-state index contributed by atoms with van der Waals surface area (Å²) in [5, 5.41) is 0. The zero-order valence-corrected chi connectivity index (χ0v) is 19.4. The van der Waals surface area contributed by atoms with Crippen molar-refractivity contribution < 1.29 is 18.3 Å². The van der Waals surface area contributed by atoms with Crippen molar-refractivity contribution in [2.45, 2.75) is 27.4 Å². The third-order valence-corrected chi connectivity index (χ3v) is 6.58. The highest BCUT2D eigenvalue weighted by atomic mass is 79.9. The molecule has 1 aromatic rings. The number of rotatable bonds is 4. The molecule has 1 fully saturated rings. The predicted molar refractivity (Wildman–Crippen MR) is 103 cm³/mol. The minimum absolute atomic E-state index is 0.0390. The van der Waals surface area contributed by atoms with Gasteiger partial charge in [-0.2, -0.15) is 0 Å². The number of carbonyl (C=O) groups is 1. The van der Waals surface area contributed by atoms with E-state index in [9.17, 15) is 13.6 Å². The van der Waals surface area contributed by atoms with Crippen molar-refractivity contribution in [1.29, 1.82) is 0 Å². The Bertz CT molecular complexity index is 698. The smallest absolute Gasteiger partial charge is 0.310 e. The van der Waals surface area contributed by atoms with Crippen molar-refractivity contribution in [3.63, 3.8) is 0 Å². The van der Waals surface area contributed by atoms with E-state index in [0.29, 0.717) is 0 Å². The molecule has 0 heterocycles. The maximum atomic E-state index is 14.0. The highest BCUT2D eigenvalue weighted by molar-refractivity contribution is 9.28. The summed E-state index contributed by atoms with van der Waals surface area (Å²) < 4.78 is 34.3. The maximum Gasteiger partial charge on any atom is 0.310 e. The number of allylic oxidation sites excluding steroid dienone is 1. The molecule has 0 bridgehead atoms. The van der Waals surface area contributed by atoms with Gasteiger partial charge in [-0.15, -0.1) is 0 Å². The van der Waals surface area contributed by atoms with E-state index in [4.69, 9.17) is 4.74 Å². The van der Waals surface area contributed by atoms with Crippen molar-refractivity contribution in [2.24, 2.45) is 17.3 Å². The van der Waals surface area contributed by atoms with Gasteiger partial charge in [0.15, 0.2) is 0 Å². The average molecular weight is 596 g/mol. The van der Waals surface area contributed by atoms with Gasteiger partial charge in [0, 0.05) is 11.1 Å². The van der Waals surface area contributed by atoms with Gasteiger partial charge in [0.2, 0.25) is 0 Å².